The van der Waals surface area contributed by atoms with Crippen LogP contribution < -0.4 is 9.47 Å². The van der Waals surface area contributed by atoms with Gasteiger partial charge in [-0.1, -0.05) is 44.9 Å². The maximum Gasteiger partial charge on any atom is 0.273 e. The highest BCUT2D eigenvalue weighted by Gasteiger charge is 2.42. The molecular weight excluding hydrogens is 430 g/mol. The minimum absolute atomic E-state index is 0.0890. The van der Waals surface area contributed by atoms with Crippen molar-refractivity contribution in [1.29, 1.82) is 0 Å². The molecule has 2 heterocycles. The Morgan fingerprint density at radius 2 is 1.85 bits per heavy atom. The molecule has 7 nitrogen and oxygen atoms in total. The van der Waals surface area contributed by atoms with Crippen LogP contribution in [-0.2, 0) is 0 Å². The van der Waals surface area contributed by atoms with Crippen LogP contribution in [0, 0.1) is 0 Å². The number of aromatic amines is 1. The predicted molar refractivity (Wildman–Crippen MR) is 131 cm³/mol. The fraction of sp³-hybridized carbons (Fsp3) is 0.407. The van der Waals surface area contributed by atoms with Gasteiger partial charge in [-0.3, -0.25) is 9.89 Å². The summed E-state index contributed by atoms with van der Waals surface area (Å²) in [6.07, 6.45) is 4.07. The van der Waals surface area contributed by atoms with Gasteiger partial charge in [0.2, 0.25) is 0 Å². The van der Waals surface area contributed by atoms with Crippen LogP contribution in [0.2, 0.25) is 0 Å². The first-order valence-electron chi connectivity index (χ1n) is 12.2. The summed E-state index contributed by atoms with van der Waals surface area (Å²) in [6.45, 7) is 7.92. The zero-order valence-electron chi connectivity index (χ0n) is 20.1. The highest BCUT2D eigenvalue weighted by molar-refractivity contribution is 6.00. The van der Waals surface area contributed by atoms with Crippen molar-refractivity contribution in [1.82, 2.24) is 15.1 Å². The maximum absolute atomic E-state index is 13.3. The molecule has 0 spiro atoms. The summed E-state index contributed by atoms with van der Waals surface area (Å²) < 4.78 is 11.9. The molecular formula is C27H33N3O4. The van der Waals surface area contributed by atoms with Crippen molar-refractivity contribution in [3.63, 3.8) is 0 Å². The zero-order valence-corrected chi connectivity index (χ0v) is 20.1. The smallest absolute Gasteiger partial charge is 0.273 e. The lowest BCUT2D eigenvalue weighted by Crippen LogP contribution is -2.30. The summed E-state index contributed by atoms with van der Waals surface area (Å²) >= 11 is 0. The normalized spacial score (nSPS) is 15.0. The third-order valence-corrected chi connectivity index (χ3v) is 6.08. The number of rotatable bonds is 11. The third-order valence-electron chi connectivity index (χ3n) is 6.08. The van der Waals surface area contributed by atoms with E-state index in [1.165, 1.54) is 0 Å². The lowest BCUT2D eigenvalue weighted by atomic mass is 9.95. The molecule has 7 heteroatoms. The lowest BCUT2D eigenvalue weighted by Gasteiger charge is -2.26. The number of phenolic OH excluding ortho intramolecular Hbond substituents is 1. The molecule has 0 saturated heterocycles. The van der Waals surface area contributed by atoms with Crippen LogP contribution in [0.4, 0.5) is 0 Å². The molecule has 1 atom stereocenters. The summed E-state index contributed by atoms with van der Waals surface area (Å²) in [5.41, 5.74) is 3.34. The van der Waals surface area contributed by atoms with Gasteiger partial charge < -0.3 is 19.5 Å². The number of unbranched alkanes of at least 4 members (excludes halogenated alkanes) is 2. The van der Waals surface area contributed by atoms with Crippen molar-refractivity contribution in [2.24, 2.45) is 0 Å². The molecule has 0 bridgehead atoms. The third kappa shape index (κ3) is 4.47. The molecule has 2 aromatic carbocycles. The molecule has 1 amide bonds. The van der Waals surface area contributed by atoms with Crippen molar-refractivity contribution < 1.29 is 19.4 Å². The van der Waals surface area contributed by atoms with E-state index in [0.717, 1.165) is 36.8 Å². The molecule has 0 fully saturated rings. The summed E-state index contributed by atoms with van der Waals surface area (Å²) in [6, 6.07) is 12.6. The minimum Gasteiger partial charge on any atom is -0.507 e. The Kier molecular flexibility index (Phi) is 7.40. The maximum atomic E-state index is 13.3. The van der Waals surface area contributed by atoms with E-state index in [2.05, 4.69) is 24.0 Å². The summed E-state index contributed by atoms with van der Waals surface area (Å²) in [4.78, 5) is 15.2. The Morgan fingerprint density at radius 1 is 1.03 bits per heavy atom. The summed E-state index contributed by atoms with van der Waals surface area (Å²) in [5, 5.41) is 17.9. The van der Waals surface area contributed by atoms with Crippen molar-refractivity contribution in [3.8, 4) is 28.5 Å². The molecule has 180 valence electrons. The van der Waals surface area contributed by atoms with Gasteiger partial charge in [-0.15, -0.1) is 0 Å². The number of nitrogens with one attached hydrogen (secondary N) is 1. The number of nitrogens with zero attached hydrogens (tertiary/aromatic N) is 2. The number of fused-ring (bicyclic) bond motifs is 1. The number of aromatic hydroxyl groups is 1. The van der Waals surface area contributed by atoms with E-state index >= 15 is 0 Å². The van der Waals surface area contributed by atoms with Gasteiger partial charge in [-0.05, 0) is 49.6 Å². The number of hydrogen-bond acceptors (Lipinski definition) is 5. The SMILES string of the molecule is CCCCCOc1ccc([C@@H]2c3c(-c4ccccc4O)n[nH]c3C(=O)N2CCC)cc1OCC. The number of carbonyl (C=O) groups excluding carboxylic acids is 1. The molecule has 3 aromatic rings. The van der Waals surface area contributed by atoms with E-state index in [1.807, 2.05) is 42.2 Å². The van der Waals surface area contributed by atoms with E-state index in [1.54, 1.807) is 12.1 Å². The molecule has 0 saturated carbocycles. The minimum atomic E-state index is -0.343. The number of carbonyl (C=O) groups is 1. The van der Waals surface area contributed by atoms with E-state index < -0.39 is 0 Å². The van der Waals surface area contributed by atoms with Gasteiger partial charge in [-0.2, -0.15) is 5.10 Å². The second kappa shape index (κ2) is 10.6. The number of benzene rings is 2. The lowest BCUT2D eigenvalue weighted by molar-refractivity contribution is 0.0743. The number of H-pyrrole nitrogens is 1. The Hall–Kier alpha value is -3.48. The Labute approximate surface area is 200 Å². The number of aromatic nitrogens is 2. The first-order valence-corrected chi connectivity index (χ1v) is 12.2. The van der Waals surface area contributed by atoms with Gasteiger partial charge in [0.1, 0.15) is 17.1 Å². The average Bonchev–Trinajstić information content (AvgIpc) is 3.37. The number of amides is 1. The molecule has 2 N–H and O–H groups in total. The fourth-order valence-electron chi connectivity index (χ4n) is 4.51. The van der Waals surface area contributed by atoms with Crippen molar-refractivity contribution in [2.75, 3.05) is 19.8 Å². The molecule has 1 aliphatic rings. The van der Waals surface area contributed by atoms with Crippen LogP contribution in [0.5, 0.6) is 17.2 Å². The first-order chi connectivity index (χ1) is 16.6. The molecule has 1 aromatic heterocycles. The van der Waals surface area contributed by atoms with Crippen molar-refractivity contribution in [2.45, 2.75) is 52.5 Å². The van der Waals surface area contributed by atoms with E-state index in [-0.39, 0.29) is 17.7 Å². The van der Waals surface area contributed by atoms with Gasteiger partial charge >= 0.3 is 0 Å². The Morgan fingerprint density at radius 3 is 2.59 bits per heavy atom. The Balaban J connectivity index is 1.77. The van der Waals surface area contributed by atoms with Crippen LogP contribution in [0.15, 0.2) is 42.5 Å². The van der Waals surface area contributed by atoms with E-state index in [0.29, 0.717) is 48.2 Å². The zero-order chi connectivity index (χ0) is 24.1. The number of phenols is 1. The monoisotopic (exact) mass is 463 g/mol. The largest absolute Gasteiger partial charge is 0.507 e. The standard InChI is InChI=1S/C27H33N3O4/c1-4-7-10-16-34-21-14-13-18(17-22(21)33-6-3)26-23-24(19-11-8-9-12-20(19)31)28-29-25(23)27(32)30(26)15-5-2/h8-9,11-14,17,26,31H,4-7,10,15-16H2,1-3H3,(H,28,29)/t26-/m1/s1. The van der Waals surface area contributed by atoms with E-state index in [4.69, 9.17) is 9.47 Å². The topological polar surface area (TPSA) is 87.7 Å². The van der Waals surface area contributed by atoms with Crippen LogP contribution in [0.3, 0.4) is 0 Å². The van der Waals surface area contributed by atoms with Crippen LogP contribution in [0.25, 0.3) is 11.3 Å². The molecule has 34 heavy (non-hydrogen) atoms. The average molecular weight is 464 g/mol. The van der Waals surface area contributed by atoms with Gasteiger partial charge in [-0.25, -0.2) is 0 Å². The van der Waals surface area contributed by atoms with Gasteiger partial charge in [0.15, 0.2) is 11.5 Å². The molecule has 0 aliphatic carbocycles. The molecule has 0 unspecified atom stereocenters. The highest BCUT2D eigenvalue weighted by Crippen LogP contribution is 2.45. The van der Waals surface area contributed by atoms with Gasteiger partial charge in [0.25, 0.3) is 5.91 Å². The summed E-state index contributed by atoms with van der Waals surface area (Å²) in [5.74, 6) is 1.42. The molecule has 0 radical (unpaired) electrons. The number of ether oxygens (including phenoxy) is 2. The van der Waals surface area contributed by atoms with Crippen LogP contribution in [-0.4, -0.2) is 45.9 Å². The first kappa shape index (κ1) is 23.7. The molecule has 1 aliphatic heterocycles. The second-order valence-corrected chi connectivity index (χ2v) is 8.47. The fourth-order valence-corrected chi connectivity index (χ4v) is 4.51. The highest BCUT2D eigenvalue weighted by atomic mass is 16.5. The van der Waals surface area contributed by atoms with E-state index in [9.17, 15) is 9.90 Å². The second-order valence-electron chi connectivity index (χ2n) is 8.47. The van der Waals surface area contributed by atoms with Crippen molar-refractivity contribution >= 4 is 5.91 Å². The van der Waals surface area contributed by atoms with Crippen LogP contribution >= 0.6 is 0 Å². The van der Waals surface area contributed by atoms with Gasteiger partial charge in [0.05, 0.1) is 19.3 Å². The van der Waals surface area contributed by atoms with Crippen LogP contribution in [0.1, 0.15) is 74.1 Å². The number of hydrogen-bond donors (Lipinski definition) is 2. The van der Waals surface area contributed by atoms with Gasteiger partial charge in [0, 0.05) is 17.7 Å². The predicted octanol–water partition coefficient (Wildman–Crippen LogP) is 5.71. The Bertz CT molecular complexity index is 1140. The van der Waals surface area contributed by atoms with Crippen molar-refractivity contribution in [3.05, 3.63) is 59.3 Å². The quantitative estimate of drug-likeness (QED) is 0.356. The molecule has 4 rings (SSSR count). The summed E-state index contributed by atoms with van der Waals surface area (Å²) in [7, 11) is 0. The number of para-hydroxylation sites is 1.